The molecule has 0 bridgehead atoms. The van der Waals surface area contributed by atoms with E-state index >= 15 is 0 Å². The summed E-state index contributed by atoms with van der Waals surface area (Å²) in [6.07, 6.45) is 1.72. The van der Waals surface area contributed by atoms with Gasteiger partial charge in [0.2, 0.25) is 0 Å². The standard InChI is InChI=1S/C10H10N4S.ClH/c1-6-8(9(11)12)15-10(14-6)7-4-2-3-5-13-7;/h2-5H,1H3,(H3,11,12);1H. The first-order valence-corrected chi connectivity index (χ1v) is 5.23. The van der Waals surface area contributed by atoms with Crippen LogP contribution in [0.1, 0.15) is 10.6 Å². The lowest BCUT2D eigenvalue weighted by atomic mass is 10.3. The highest BCUT2D eigenvalue weighted by Crippen LogP contribution is 2.25. The van der Waals surface area contributed by atoms with Crippen LogP contribution in [-0.2, 0) is 0 Å². The minimum atomic E-state index is 0. The Hall–Kier alpha value is -1.46. The number of hydrogen-bond donors (Lipinski definition) is 2. The van der Waals surface area contributed by atoms with E-state index in [0.29, 0.717) is 0 Å². The number of aromatic nitrogens is 2. The SMILES string of the molecule is Cc1nc(-c2ccccn2)sc1C(=N)N.Cl. The van der Waals surface area contributed by atoms with E-state index in [4.69, 9.17) is 11.1 Å². The largest absolute Gasteiger partial charge is 0.383 e. The van der Waals surface area contributed by atoms with Crippen LogP contribution in [0.2, 0.25) is 0 Å². The van der Waals surface area contributed by atoms with Crippen LogP contribution >= 0.6 is 23.7 Å². The van der Waals surface area contributed by atoms with Gasteiger partial charge in [-0.2, -0.15) is 0 Å². The Bertz CT molecular complexity index is 495. The predicted molar refractivity (Wildman–Crippen MR) is 68.3 cm³/mol. The third-order valence-corrected chi connectivity index (χ3v) is 3.14. The van der Waals surface area contributed by atoms with Crippen molar-refractivity contribution in [2.24, 2.45) is 5.73 Å². The quantitative estimate of drug-likeness (QED) is 0.637. The summed E-state index contributed by atoms with van der Waals surface area (Å²) in [6.45, 7) is 1.85. The number of nitrogens with zero attached hydrogens (tertiary/aromatic N) is 2. The smallest absolute Gasteiger partial charge is 0.142 e. The Morgan fingerprint density at radius 3 is 2.69 bits per heavy atom. The fourth-order valence-electron chi connectivity index (χ4n) is 1.25. The average Bonchev–Trinajstić information content (AvgIpc) is 2.62. The zero-order chi connectivity index (χ0) is 10.8. The molecule has 16 heavy (non-hydrogen) atoms. The Morgan fingerprint density at radius 1 is 1.44 bits per heavy atom. The molecule has 0 aliphatic carbocycles. The second-order valence-electron chi connectivity index (χ2n) is 3.06. The van der Waals surface area contributed by atoms with Gasteiger partial charge >= 0.3 is 0 Å². The molecule has 3 N–H and O–H groups in total. The summed E-state index contributed by atoms with van der Waals surface area (Å²) in [5, 5.41) is 8.18. The number of hydrogen-bond acceptors (Lipinski definition) is 4. The summed E-state index contributed by atoms with van der Waals surface area (Å²) in [5.74, 6) is 0.0622. The second kappa shape index (κ2) is 5.05. The average molecular weight is 255 g/mol. The highest BCUT2D eigenvalue weighted by atomic mass is 35.5. The maximum absolute atomic E-state index is 7.38. The van der Waals surface area contributed by atoms with Gasteiger partial charge in [0.05, 0.1) is 16.3 Å². The molecule has 0 radical (unpaired) electrons. The Balaban J connectivity index is 0.00000128. The normalized spacial score (nSPS) is 9.56. The number of nitrogen functional groups attached to an aromatic ring is 1. The van der Waals surface area contributed by atoms with Gasteiger partial charge in [0, 0.05) is 6.20 Å². The van der Waals surface area contributed by atoms with Gasteiger partial charge in [0.25, 0.3) is 0 Å². The number of pyridine rings is 1. The van der Waals surface area contributed by atoms with Gasteiger partial charge < -0.3 is 5.73 Å². The summed E-state index contributed by atoms with van der Waals surface area (Å²) in [7, 11) is 0. The number of halogens is 1. The van der Waals surface area contributed by atoms with Crippen molar-refractivity contribution in [3.8, 4) is 10.7 Å². The molecule has 2 heterocycles. The highest BCUT2D eigenvalue weighted by Gasteiger charge is 2.11. The Morgan fingerprint density at radius 2 is 2.19 bits per heavy atom. The topological polar surface area (TPSA) is 75.7 Å². The molecule has 2 aromatic rings. The first-order chi connectivity index (χ1) is 7.18. The zero-order valence-corrected chi connectivity index (χ0v) is 10.2. The van der Waals surface area contributed by atoms with E-state index in [1.54, 1.807) is 6.20 Å². The van der Waals surface area contributed by atoms with Gasteiger partial charge in [-0.3, -0.25) is 10.4 Å². The molecule has 2 aromatic heterocycles. The first kappa shape index (κ1) is 12.6. The van der Waals surface area contributed by atoms with Gasteiger partial charge in [-0.05, 0) is 19.1 Å². The van der Waals surface area contributed by atoms with Crippen molar-refractivity contribution in [1.29, 1.82) is 5.41 Å². The minimum absolute atomic E-state index is 0. The fourth-order valence-corrected chi connectivity index (χ4v) is 2.15. The third-order valence-electron chi connectivity index (χ3n) is 1.93. The number of amidine groups is 1. The molecule has 0 spiro atoms. The van der Waals surface area contributed by atoms with Crippen molar-refractivity contribution in [3.05, 3.63) is 35.0 Å². The van der Waals surface area contributed by atoms with Crippen LogP contribution < -0.4 is 5.73 Å². The van der Waals surface area contributed by atoms with Gasteiger partial charge in [0.1, 0.15) is 10.8 Å². The van der Waals surface area contributed by atoms with Crippen molar-refractivity contribution in [1.82, 2.24) is 9.97 Å². The molecule has 4 nitrogen and oxygen atoms in total. The van der Waals surface area contributed by atoms with Gasteiger partial charge in [-0.25, -0.2) is 4.98 Å². The summed E-state index contributed by atoms with van der Waals surface area (Å²) >= 11 is 1.40. The summed E-state index contributed by atoms with van der Waals surface area (Å²) < 4.78 is 0. The van der Waals surface area contributed by atoms with E-state index < -0.39 is 0 Å². The van der Waals surface area contributed by atoms with E-state index in [1.165, 1.54) is 11.3 Å². The molecular weight excluding hydrogens is 244 g/mol. The van der Waals surface area contributed by atoms with Gasteiger partial charge in [0.15, 0.2) is 0 Å². The van der Waals surface area contributed by atoms with Crippen molar-refractivity contribution in [3.63, 3.8) is 0 Å². The third kappa shape index (κ3) is 2.37. The molecule has 0 fully saturated rings. The fraction of sp³-hybridized carbons (Fsp3) is 0.100. The van der Waals surface area contributed by atoms with Crippen LogP contribution in [0.5, 0.6) is 0 Å². The molecule has 0 amide bonds. The van der Waals surface area contributed by atoms with Crippen LogP contribution in [0.3, 0.4) is 0 Å². The van der Waals surface area contributed by atoms with E-state index in [2.05, 4.69) is 9.97 Å². The molecule has 2 rings (SSSR count). The number of nitrogens with one attached hydrogen (secondary N) is 1. The van der Waals surface area contributed by atoms with Crippen molar-refractivity contribution < 1.29 is 0 Å². The summed E-state index contributed by atoms with van der Waals surface area (Å²) in [6, 6.07) is 5.66. The molecule has 0 aliphatic heterocycles. The van der Waals surface area contributed by atoms with E-state index in [0.717, 1.165) is 21.3 Å². The molecular formula is C10H11ClN4S. The van der Waals surface area contributed by atoms with Crippen molar-refractivity contribution in [2.75, 3.05) is 0 Å². The second-order valence-corrected chi connectivity index (χ2v) is 4.06. The van der Waals surface area contributed by atoms with Crippen molar-refractivity contribution >= 4 is 29.6 Å². The molecule has 0 saturated carbocycles. The molecule has 6 heteroatoms. The minimum Gasteiger partial charge on any atom is -0.383 e. The summed E-state index contributed by atoms with van der Waals surface area (Å²) in [5.41, 5.74) is 7.04. The molecule has 0 aromatic carbocycles. The Kier molecular flexibility index (Phi) is 3.98. The number of thiazole rings is 1. The van der Waals surface area contributed by atoms with Crippen LogP contribution in [0.25, 0.3) is 10.7 Å². The monoisotopic (exact) mass is 254 g/mol. The molecule has 0 atom stereocenters. The molecule has 0 aliphatic rings. The lowest BCUT2D eigenvalue weighted by molar-refractivity contribution is 1.22. The van der Waals surface area contributed by atoms with Crippen molar-refractivity contribution in [2.45, 2.75) is 6.92 Å². The highest BCUT2D eigenvalue weighted by molar-refractivity contribution is 7.17. The van der Waals surface area contributed by atoms with Crippen LogP contribution in [0.4, 0.5) is 0 Å². The first-order valence-electron chi connectivity index (χ1n) is 4.41. The number of rotatable bonds is 2. The van der Waals surface area contributed by atoms with Crippen LogP contribution in [0.15, 0.2) is 24.4 Å². The maximum Gasteiger partial charge on any atom is 0.142 e. The van der Waals surface area contributed by atoms with Crippen LogP contribution in [-0.4, -0.2) is 15.8 Å². The lowest BCUT2D eigenvalue weighted by Gasteiger charge is -1.91. The number of aryl methyl sites for hydroxylation is 1. The predicted octanol–water partition coefficient (Wildman–Crippen LogP) is 2.22. The zero-order valence-electron chi connectivity index (χ0n) is 8.60. The van der Waals surface area contributed by atoms with Gasteiger partial charge in [-0.1, -0.05) is 6.07 Å². The number of nitrogens with two attached hydrogens (primary N) is 1. The Labute approximate surface area is 103 Å². The molecule has 0 unspecified atom stereocenters. The van der Waals surface area contributed by atoms with E-state index in [-0.39, 0.29) is 18.2 Å². The lowest BCUT2D eigenvalue weighted by Crippen LogP contribution is -2.10. The van der Waals surface area contributed by atoms with Gasteiger partial charge in [-0.15, -0.1) is 23.7 Å². The maximum atomic E-state index is 7.38. The van der Waals surface area contributed by atoms with E-state index in [9.17, 15) is 0 Å². The molecule has 0 saturated heterocycles. The van der Waals surface area contributed by atoms with E-state index in [1.807, 2.05) is 25.1 Å². The van der Waals surface area contributed by atoms with Crippen LogP contribution in [0, 0.1) is 12.3 Å². The summed E-state index contributed by atoms with van der Waals surface area (Å²) in [4.78, 5) is 9.25. The molecule has 84 valence electrons.